The minimum atomic E-state index is -4.64. The summed E-state index contributed by atoms with van der Waals surface area (Å²) in [6, 6.07) is 5.62. The molecule has 0 unspecified atom stereocenters. The molecule has 0 aliphatic heterocycles. The average molecular weight is 393 g/mol. The Labute approximate surface area is 157 Å². The molecule has 0 aliphatic carbocycles. The number of carbonyl (C=O) groups is 1. The van der Waals surface area contributed by atoms with E-state index in [0.717, 1.165) is 12.1 Å². The summed E-state index contributed by atoms with van der Waals surface area (Å²) in [4.78, 5) is 15.8. The van der Waals surface area contributed by atoms with Gasteiger partial charge in [0.15, 0.2) is 0 Å². The van der Waals surface area contributed by atoms with Crippen molar-refractivity contribution in [1.82, 2.24) is 14.8 Å². The zero-order valence-corrected chi connectivity index (χ0v) is 14.9. The van der Waals surface area contributed by atoms with Crippen LogP contribution >= 0.6 is 0 Å². The number of rotatable bonds is 4. The number of hydrogen-bond acceptors (Lipinski definition) is 4. The first-order valence-electron chi connectivity index (χ1n) is 8.14. The van der Waals surface area contributed by atoms with Gasteiger partial charge in [0.2, 0.25) is 0 Å². The minimum absolute atomic E-state index is 0.00120. The van der Waals surface area contributed by atoms with E-state index >= 15 is 0 Å². The molecule has 146 valence electrons. The van der Waals surface area contributed by atoms with Gasteiger partial charge >= 0.3 is 12.1 Å². The zero-order chi connectivity index (χ0) is 20.5. The first-order chi connectivity index (χ1) is 13.2. The summed E-state index contributed by atoms with van der Waals surface area (Å²) >= 11 is 0. The van der Waals surface area contributed by atoms with Gasteiger partial charge in [-0.25, -0.2) is 13.9 Å². The molecule has 0 N–H and O–H groups in total. The lowest BCUT2D eigenvalue weighted by atomic mass is 10.0. The number of alkyl halides is 3. The van der Waals surface area contributed by atoms with Crippen molar-refractivity contribution in [2.24, 2.45) is 0 Å². The predicted molar refractivity (Wildman–Crippen MR) is 91.6 cm³/mol. The van der Waals surface area contributed by atoms with E-state index in [0.29, 0.717) is 28.7 Å². The second kappa shape index (κ2) is 7.41. The first kappa shape index (κ1) is 19.5. The van der Waals surface area contributed by atoms with E-state index in [9.17, 15) is 22.4 Å². The number of methoxy groups -OCH3 is 1. The minimum Gasteiger partial charge on any atom is -0.465 e. The lowest BCUT2D eigenvalue weighted by Gasteiger charge is -2.10. The van der Waals surface area contributed by atoms with E-state index in [1.165, 1.54) is 24.2 Å². The van der Waals surface area contributed by atoms with Crippen LogP contribution in [0.4, 0.5) is 17.6 Å². The van der Waals surface area contributed by atoms with Crippen LogP contribution in [0, 0.1) is 12.7 Å². The molecule has 5 nitrogen and oxygen atoms in total. The monoisotopic (exact) mass is 393 g/mol. The van der Waals surface area contributed by atoms with Crippen molar-refractivity contribution in [3.63, 3.8) is 0 Å². The van der Waals surface area contributed by atoms with E-state index in [4.69, 9.17) is 0 Å². The maximum Gasteiger partial charge on any atom is 0.416 e. The molecule has 0 radical (unpaired) electrons. The van der Waals surface area contributed by atoms with Crippen molar-refractivity contribution in [3.05, 3.63) is 76.6 Å². The van der Waals surface area contributed by atoms with Crippen LogP contribution in [0.15, 0.2) is 42.7 Å². The summed E-state index contributed by atoms with van der Waals surface area (Å²) in [6.45, 7) is 1.65. The van der Waals surface area contributed by atoms with Crippen molar-refractivity contribution >= 4 is 5.97 Å². The number of hydrogen-bond donors (Lipinski definition) is 0. The lowest BCUT2D eigenvalue weighted by molar-refractivity contribution is -0.137. The molecule has 28 heavy (non-hydrogen) atoms. The number of aryl methyl sites for hydroxylation is 1. The summed E-state index contributed by atoms with van der Waals surface area (Å²) in [5.41, 5.74) is 0.818. The highest BCUT2D eigenvalue weighted by atomic mass is 19.4. The summed E-state index contributed by atoms with van der Waals surface area (Å²) < 4.78 is 58.3. The van der Waals surface area contributed by atoms with Gasteiger partial charge in [-0.3, -0.25) is 4.98 Å². The molecule has 0 bridgehead atoms. The van der Waals surface area contributed by atoms with Crippen LogP contribution in [-0.4, -0.2) is 27.8 Å². The Morgan fingerprint density at radius 3 is 2.64 bits per heavy atom. The molecule has 9 heteroatoms. The van der Waals surface area contributed by atoms with Crippen LogP contribution in [0.2, 0.25) is 0 Å². The topological polar surface area (TPSA) is 57.0 Å². The molecule has 0 atom stereocenters. The standard InChI is InChI=1S/C19H15F4N3O2/c1-11-17(18(27)28-2)10-26(25-11)16-3-4-24-15(9-16)7-12-5-13(19(21,22)23)8-14(20)6-12/h3-6,8-10H,7H2,1-2H3. The highest BCUT2D eigenvalue weighted by Gasteiger charge is 2.31. The Morgan fingerprint density at radius 1 is 1.21 bits per heavy atom. The van der Waals surface area contributed by atoms with Gasteiger partial charge in [-0.05, 0) is 42.8 Å². The van der Waals surface area contributed by atoms with Gasteiger partial charge in [0.05, 0.1) is 24.1 Å². The number of aromatic nitrogens is 3. The van der Waals surface area contributed by atoms with Crippen LogP contribution in [0.25, 0.3) is 5.69 Å². The molecule has 2 aromatic heterocycles. The molecular formula is C19H15F4N3O2. The largest absolute Gasteiger partial charge is 0.465 e. The molecule has 0 saturated heterocycles. The van der Waals surface area contributed by atoms with E-state index in [-0.39, 0.29) is 12.0 Å². The number of pyridine rings is 1. The van der Waals surface area contributed by atoms with Crippen molar-refractivity contribution in [1.29, 1.82) is 0 Å². The van der Waals surface area contributed by atoms with Crippen molar-refractivity contribution < 1.29 is 27.1 Å². The SMILES string of the molecule is COC(=O)c1cn(-c2ccnc(Cc3cc(F)cc(C(F)(F)F)c3)c2)nc1C. The Hall–Kier alpha value is -3.23. The van der Waals surface area contributed by atoms with Gasteiger partial charge in [0.25, 0.3) is 0 Å². The number of benzene rings is 1. The second-order valence-corrected chi connectivity index (χ2v) is 6.09. The Kier molecular flexibility index (Phi) is 5.17. The fourth-order valence-corrected chi connectivity index (χ4v) is 2.73. The highest BCUT2D eigenvalue weighted by molar-refractivity contribution is 5.90. The first-order valence-corrected chi connectivity index (χ1v) is 8.14. The Bertz CT molecular complexity index is 1030. The molecular weight excluding hydrogens is 378 g/mol. The third-order valence-electron chi connectivity index (χ3n) is 4.04. The van der Waals surface area contributed by atoms with Gasteiger partial charge in [0, 0.05) is 24.5 Å². The zero-order valence-electron chi connectivity index (χ0n) is 14.9. The second-order valence-electron chi connectivity index (χ2n) is 6.09. The van der Waals surface area contributed by atoms with Gasteiger partial charge in [0.1, 0.15) is 11.4 Å². The highest BCUT2D eigenvalue weighted by Crippen LogP contribution is 2.31. The van der Waals surface area contributed by atoms with Gasteiger partial charge in [-0.15, -0.1) is 0 Å². The van der Waals surface area contributed by atoms with Crippen LogP contribution in [0.5, 0.6) is 0 Å². The molecule has 0 saturated carbocycles. The predicted octanol–water partition coefficient (Wildman–Crippen LogP) is 4.11. The molecule has 0 aliphatic rings. The smallest absolute Gasteiger partial charge is 0.416 e. The molecule has 3 aromatic rings. The molecule has 0 amide bonds. The third-order valence-corrected chi connectivity index (χ3v) is 4.04. The number of carbonyl (C=O) groups excluding carboxylic acids is 1. The number of ether oxygens (including phenoxy) is 1. The summed E-state index contributed by atoms with van der Waals surface area (Å²) in [5, 5.41) is 4.24. The van der Waals surface area contributed by atoms with Gasteiger partial charge in [-0.1, -0.05) is 0 Å². The van der Waals surface area contributed by atoms with E-state index < -0.39 is 23.5 Å². The molecule has 1 aromatic carbocycles. The van der Waals surface area contributed by atoms with Crippen molar-refractivity contribution in [2.75, 3.05) is 7.11 Å². The van der Waals surface area contributed by atoms with Crippen molar-refractivity contribution in [3.8, 4) is 5.69 Å². The van der Waals surface area contributed by atoms with Crippen LogP contribution in [0.3, 0.4) is 0 Å². The maximum absolute atomic E-state index is 13.6. The third kappa shape index (κ3) is 4.19. The Balaban J connectivity index is 1.91. The summed E-state index contributed by atoms with van der Waals surface area (Å²) in [5.74, 6) is -1.50. The van der Waals surface area contributed by atoms with E-state index in [2.05, 4.69) is 14.8 Å². The fraction of sp³-hybridized carbons (Fsp3) is 0.211. The summed E-state index contributed by atoms with van der Waals surface area (Å²) in [7, 11) is 1.26. The summed E-state index contributed by atoms with van der Waals surface area (Å²) in [6.07, 6.45) is -1.69. The van der Waals surface area contributed by atoms with Crippen molar-refractivity contribution in [2.45, 2.75) is 19.5 Å². The molecule has 2 heterocycles. The number of esters is 1. The fourth-order valence-electron chi connectivity index (χ4n) is 2.73. The van der Waals surface area contributed by atoms with Crippen LogP contribution < -0.4 is 0 Å². The molecule has 0 spiro atoms. The average Bonchev–Trinajstić information content (AvgIpc) is 3.02. The number of halogens is 4. The Morgan fingerprint density at radius 2 is 1.96 bits per heavy atom. The van der Waals surface area contributed by atoms with E-state index in [1.54, 1.807) is 19.1 Å². The maximum atomic E-state index is 13.6. The van der Waals surface area contributed by atoms with Crippen LogP contribution in [0.1, 0.15) is 32.9 Å². The molecule has 0 fully saturated rings. The molecule has 3 rings (SSSR count). The van der Waals surface area contributed by atoms with Crippen LogP contribution in [-0.2, 0) is 17.3 Å². The lowest BCUT2D eigenvalue weighted by Crippen LogP contribution is -2.07. The van der Waals surface area contributed by atoms with Gasteiger partial charge < -0.3 is 4.74 Å². The normalized spacial score (nSPS) is 11.5. The van der Waals surface area contributed by atoms with E-state index in [1.807, 2.05) is 0 Å². The number of nitrogens with zero attached hydrogens (tertiary/aromatic N) is 3. The van der Waals surface area contributed by atoms with Gasteiger partial charge in [-0.2, -0.15) is 18.3 Å². The quantitative estimate of drug-likeness (QED) is 0.495.